The van der Waals surface area contributed by atoms with Crippen molar-refractivity contribution < 1.29 is 9.59 Å². The molecule has 0 radical (unpaired) electrons. The summed E-state index contributed by atoms with van der Waals surface area (Å²) >= 11 is 0. The first-order valence-corrected chi connectivity index (χ1v) is 7.44. The summed E-state index contributed by atoms with van der Waals surface area (Å²) in [6.07, 6.45) is 2.45. The lowest BCUT2D eigenvalue weighted by Gasteiger charge is -2.15. The summed E-state index contributed by atoms with van der Waals surface area (Å²) in [4.78, 5) is 29.0. The number of pyridine rings is 1. The van der Waals surface area contributed by atoms with E-state index in [4.69, 9.17) is 0 Å². The third kappa shape index (κ3) is 3.01. The number of nitrogens with zero attached hydrogens (tertiary/aromatic N) is 2. The quantitative estimate of drug-likeness (QED) is 0.910. The number of benzene rings is 1. The van der Waals surface area contributed by atoms with Gasteiger partial charge < -0.3 is 15.5 Å². The van der Waals surface area contributed by atoms with Crippen molar-refractivity contribution in [2.24, 2.45) is 0 Å². The molecule has 0 spiro atoms. The molecular formula is C17H18N4O2. The molecule has 118 valence electrons. The average Bonchev–Trinajstić information content (AvgIpc) is 2.97. The molecule has 23 heavy (non-hydrogen) atoms. The number of amides is 2. The van der Waals surface area contributed by atoms with Gasteiger partial charge in [0.25, 0.3) is 5.91 Å². The van der Waals surface area contributed by atoms with Crippen LogP contribution in [0, 0.1) is 0 Å². The Bertz CT molecular complexity index is 773. The molecule has 2 amide bonds. The van der Waals surface area contributed by atoms with E-state index in [1.807, 2.05) is 24.3 Å². The van der Waals surface area contributed by atoms with Crippen molar-refractivity contribution in [1.29, 1.82) is 0 Å². The second kappa shape index (κ2) is 6.08. The Morgan fingerprint density at radius 3 is 2.70 bits per heavy atom. The number of carbonyl (C=O) groups is 2. The molecule has 0 saturated heterocycles. The maximum atomic E-state index is 11.6. The Kier molecular flexibility index (Phi) is 3.97. The highest BCUT2D eigenvalue weighted by Gasteiger charge is 2.22. The summed E-state index contributed by atoms with van der Waals surface area (Å²) in [6.45, 7) is 2.31. The van der Waals surface area contributed by atoms with Crippen LogP contribution in [-0.4, -0.2) is 30.4 Å². The van der Waals surface area contributed by atoms with E-state index < -0.39 is 0 Å². The van der Waals surface area contributed by atoms with E-state index in [0.29, 0.717) is 5.69 Å². The number of hydrogen-bond acceptors (Lipinski definition) is 4. The molecule has 2 heterocycles. The van der Waals surface area contributed by atoms with Crippen LogP contribution in [0.25, 0.3) is 0 Å². The van der Waals surface area contributed by atoms with Gasteiger partial charge in [-0.05, 0) is 42.3 Å². The van der Waals surface area contributed by atoms with E-state index in [0.717, 1.165) is 35.6 Å². The van der Waals surface area contributed by atoms with Crippen molar-refractivity contribution in [2.45, 2.75) is 13.3 Å². The fourth-order valence-electron chi connectivity index (χ4n) is 2.73. The normalized spacial score (nSPS) is 12.7. The Morgan fingerprint density at radius 2 is 1.96 bits per heavy atom. The van der Waals surface area contributed by atoms with Crippen LogP contribution in [-0.2, 0) is 11.2 Å². The highest BCUT2D eigenvalue weighted by molar-refractivity contribution is 5.94. The number of rotatable bonds is 3. The van der Waals surface area contributed by atoms with Gasteiger partial charge in [0.2, 0.25) is 5.91 Å². The van der Waals surface area contributed by atoms with Crippen LogP contribution in [0.3, 0.4) is 0 Å². The number of carbonyl (C=O) groups excluding carboxylic acids is 2. The highest BCUT2D eigenvalue weighted by atomic mass is 16.2. The molecule has 6 heteroatoms. The number of nitrogens with one attached hydrogen (secondary N) is 2. The molecule has 6 nitrogen and oxygen atoms in total. The third-order valence-electron chi connectivity index (χ3n) is 3.86. The zero-order valence-corrected chi connectivity index (χ0v) is 13.1. The third-order valence-corrected chi connectivity index (χ3v) is 3.86. The largest absolute Gasteiger partial charge is 0.355 e. The molecule has 3 rings (SSSR count). The number of anilines is 3. The SMILES string of the molecule is CNC(=O)c1cc(Nc2ccc3c(c2)CCN3C(C)=O)ccn1. The molecule has 1 aliphatic heterocycles. The van der Waals surface area contributed by atoms with Gasteiger partial charge in [-0.15, -0.1) is 0 Å². The van der Waals surface area contributed by atoms with Crippen molar-refractivity contribution in [3.8, 4) is 0 Å². The maximum Gasteiger partial charge on any atom is 0.269 e. The van der Waals surface area contributed by atoms with Crippen LogP contribution in [0.4, 0.5) is 17.1 Å². The predicted octanol–water partition coefficient (Wildman–Crippen LogP) is 2.09. The van der Waals surface area contributed by atoms with Crippen LogP contribution < -0.4 is 15.5 Å². The van der Waals surface area contributed by atoms with Crippen molar-refractivity contribution in [2.75, 3.05) is 23.8 Å². The van der Waals surface area contributed by atoms with Crippen LogP contribution in [0.1, 0.15) is 23.0 Å². The number of fused-ring (bicyclic) bond motifs is 1. The van der Waals surface area contributed by atoms with Gasteiger partial charge in [-0.3, -0.25) is 14.6 Å². The molecule has 1 aromatic carbocycles. The van der Waals surface area contributed by atoms with Crippen LogP contribution in [0.2, 0.25) is 0 Å². The van der Waals surface area contributed by atoms with Gasteiger partial charge in [0.15, 0.2) is 0 Å². The van der Waals surface area contributed by atoms with E-state index >= 15 is 0 Å². The van der Waals surface area contributed by atoms with E-state index in [2.05, 4.69) is 15.6 Å². The van der Waals surface area contributed by atoms with Gasteiger partial charge in [0.1, 0.15) is 5.69 Å². The van der Waals surface area contributed by atoms with Crippen molar-refractivity contribution in [3.05, 3.63) is 47.8 Å². The van der Waals surface area contributed by atoms with Crippen molar-refractivity contribution in [1.82, 2.24) is 10.3 Å². The summed E-state index contributed by atoms with van der Waals surface area (Å²) in [6, 6.07) is 9.43. The first-order valence-electron chi connectivity index (χ1n) is 7.44. The minimum absolute atomic E-state index is 0.0637. The molecule has 0 aliphatic carbocycles. The summed E-state index contributed by atoms with van der Waals surface area (Å²) in [5.41, 5.74) is 4.19. The first-order chi connectivity index (χ1) is 11.1. The number of aromatic nitrogens is 1. The average molecular weight is 310 g/mol. The van der Waals surface area contributed by atoms with Gasteiger partial charge in [-0.25, -0.2) is 0 Å². The van der Waals surface area contributed by atoms with Gasteiger partial charge in [-0.2, -0.15) is 0 Å². The van der Waals surface area contributed by atoms with Gasteiger partial charge in [0, 0.05) is 43.8 Å². The van der Waals surface area contributed by atoms with Gasteiger partial charge >= 0.3 is 0 Å². The lowest BCUT2D eigenvalue weighted by molar-refractivity contribution is -0.116. The zero-order valence-electron chi connectivity index (χ0n) is 13.1. The first kappa shape index (κ1) is 15.0. The topological polar surface area (TPSA) is 74.3 Å². The minimum Gasteiger partial charge on any atom is -0.355 e. The fourth-order valence-corrected chi connectivity index (χ4v) is 2.73. The predicted molar refractivity (Wildman–Crippen MR) is 89.1 cm³/mol. The minimum atomic E-state index is -0.222. The molecule has 0 saturated carbocycles. The van der Waals surface area contributed by atoms with Crippen LogP contribution >= 0.6 is 0 Å². The Hall–Kier alpha value is -2.89. The summed E-state index contributed by atoms with van der Waals surface area (Å²) in [5.74, 6) is -0.159. The zero-order chi connectivity index (χ0) is 16.4. The molecule has 2 aromatic rings. The van der Waals surface area contributed by atoms with Gasteiger partial charge in [-0.1, -0.05) is 0 Å². The molecule has 1 aromatic heterocycles. The lowest BCUT2D eigenvalue weighted by Crippen LogP contribution is -2.25. The van der Waals surface area contributed by atoms with Crippen LogP contribution in [0.15, 0.2) is 36.5 Å². The van der Waals surface area contributed by atoms with E-state index in [1.54, 1.807) is 31.1 Å². The molecule has 0 bridgehead atoms. The Morgan fingerprint density at radius 1 is 1.17 bits per heavy atom. The van der Waals surface area contributed by atoms with E-state index in [1.165, 1.54) is 0 Å². The molecule has 0 unspecified atom stereocenters. The molecule has 2 N–H and O–H groups in total. The highest BCUT2D eigenvalue weighted by Crippen LogP contribution is 2.31. The lowest BCUT2D eigenvalue weighted by atomic mass is 10.1. The summed E-state index contributed by atoms with van der Waals surface area (Å²) in [7, 11) is 1.57. The second-order valence-corrected chi connectivity index (χ2v) is 5.40. The molecule has 0 atom stereocenters. The second-order valence-electron chi connectivity index (χ2n) is 5.40. The Balaban J connectivity index is 1.82. The van der Waals surface area contributed by atoms with E-state index in [9.17, 15) is 9.59 Å². The molecule has 0 fully saturated rings. The summed E-state index contributed by atoms with van der Waals surface area (Å²) < 4.78 is 0. The standard InChI is InChI=1S/C17H18N4O2/c1-11(22)21-8-6-12-9-13(3-4-16(12)21)20-14-5-7-19-15(10-14)17(23)18-2/h3-5,7,9-10H,6,8H2,1-2H3,(H,18,23)(H,19,20). The molecule has 1 aliphatic rings. The van der Waals surface area contributed by atoms with E-state index in [-0.39, 0.29) is 11.8 Å². The smallest absolute Gasteiger partial charge is 0.269 e. The van der Waals surface area contributed by atoms with Gasteiger partial charge in [0.05, 0.1) is 0 Å². The fraction of sp³-hybridized carbons (Fsp3) is 0.235. The van der Waals surface area contributed by atoms with Crippen molar-refractivity contribution >= 4 is 28.9 Å². The molecular weight excluding hydrogens is 292 g/mol. The van der Waals surface area contributed by atoms with Crippen molar-refractivity contribution in [3.63, 3.8) is 0 Å². The Labute approximate surface area is 134 Å². The van der Waals surface area contributed by atoms with Crippen LogP contribution in [0.5, 0.6) is 0 Å². The summed E-state index contributed by atoms with van der Waals surface area (Å²) in [5, 5.41) is 5.83. The monoisotopic (exact) mass is 310 g/mol. The number of hydrogen-bond donors (Lipinski definition) is 2. The maximum absolute atomic E-state index is 11.6.